The molecule has 0 aliphatic carbocycles. The quantitative estimate of drug-likeness (QED) is 0.918. The monoisotopic (exact) mass is 341 g/mol. The van der Waals surface area contributed by atoms with Gasteiger partial charge in [0.05, 0.1) is 11.1 Å². The van der Waals surface area contributed by atoms with Crippen LogP contribution < -0.4 is 10.2 Å². The van der Waals surface area contributed by atoms with Gasteiger partial charge in [0.15, 0.2) is 0 Å². The average molecular weight is 342 g/mol. The molecule has 2 fully saturated rings. The highest BCUT2D eigenvalue weighted by molar-refractivity contribution is 6.31. The van der Waals surface area contributed by atoms with Gasteiger partial charge in [-0.15, -0.1) is 0 Å². The number of hydrogen-bond acceptors (Lipinski definition) is 3. The summed E-state index contributed by atoms with van der Waals surface area (Å²) in [6.07, 6.45) is 2.24. The van der Waals surface area contributed by atoms with E-state index in [0.29, 0.717) is 32.7 Å². The standard InChI is InChI=1S/C16H21ClFN3O2/c17-14-10-12(3-4-15(14)18)20-5-7-21(8-6-20)16(22)19-11-13-2-1-9-23-13/h3-4,10,13H,1-2,5-9,11H2,(H,19,22). The number of benzene rings is 1. The molecule has 2 aliphatic rings. The van der Waals surface area contributed by atoms with E-state index in [4.69, 9.17) is 16.3 Å². The molecule has 1 N–H and O–H groups in total. The fraction of sp³-hybridized carbons (Fsp3) is 0.562. The van der Waals surface area contributed by atoms with Crippen molar-refractivity contribution in [1.29, 1.82) is 0 Å². The highest BCUT2D eigenvalue weighted by Crippen LogP contribution is 2.23. The van der Waals surface area contributed by atoms with Crippen LogP contribution in [0.2, 0.25) is 5.02 Å². The average Bonchev–Trinajstić information content (AvgIpc) is 3.09. The molecular weight excluding hydrogens is 321 g/mol. The summed E-state index contributed by atoms with van der Waals surface area (Å²) in [6, 6.07) is 4.67. The van der Waals surface area contributed by atoms with Gasteiger partial charge in [-0.1, -0.05) is 11.6 Å². The van der Waals surface area contributed by atoms with Gasteiger partial charge in [-0.3, -0.25) is 0 Å². The number of rotatable bonds is 3. The summed E-state index contributed by atoms with van der Waals surface area (Å²) < 4.78 is 18.7. The van der Waals surface area contributed by atoms with Crippen LogP contribution in [0.15, 0.2) is 18.2 Å². The Labute approximate surface area is 140 Å². The number of carbonyl (C=O) groups excluding carboxylic acids is 1. The number of nitrogens with one attached hydrogen (secondary N) is 1. The highest BCUT2D eigenvalue weighted by atomic mass is 35.5. The van der Waals surface area contributed by atoms with Crippen LogP contribution >= 0.6 is 11.6 Å². The molecule has 3 rings (SSSR count). The highest BCUT2D eigenvalue weighted by Gasteiger charge is 2.23. The number of anilines is 1. The van der Waals surface area contributed by atoms with E-state index in [0.717, 1.165) is 25.1 Å². The first-order valence-corrected chi connectivity index (χ1v) is 8.35. The van der Waals surface area contributed by atoms with Gasteiger partial charge < -0.3 is 19.9 Å². The van der Waals surface area contributed by atoms with Gasteiger partial charge in [0.1, 0.15) is 5.82 Å². The molecule has 0 spiro atoms. The van der Waals surface area contributed by atoms with Crippen molar-refractivity contribution in [3.63, 3.8) is 0 Å². The Morgan fingerprint density at radius 2 is 2.13 bits per heavy atom. The van der Waals surface area contributed by atoms with Crippen LogP contribution in [-0.4, -0.2) is 56.4 Å². The molecule has 126 valence electrons. The van der Waals surface area contributed by atoms with Crippen LogP contribution in [0, 0.1) is 5.82 Å². The largest absolute Gasteiger partial charge is 0.376 e. The second-order valence-corrected chi connectivity index (χ2v) is 6.30. The van der Waals surface area contributed by atoms with Crippen LogP contribution in [0.25, 0.3) is 0 Å². The molecule has 1 aromatic rings. The van der Waals surface area contributed by atoms with Crippen LogP contribution in [0.1, 0.15) is 12.8 Å². The van der Waals surface area contributed by atoms with Gasteiger partial charge in [0.2, 0.25) is 0 Å². The summed E-state index contributed by atoms with van der Waals surface area (Å²) in [5.74, 6) is -0.414. The van der Waals surface area contributed by atoms with Crippen LogP contribution in [-0.2, 0) is 4.74 Å². The first-order chi connectivity index (χ1) is 11.1. The van der Waals surface area contributed by atoms with Gasteiger partial charge in [-0.05, 0) is 31.0 Å². The maximum absolute atomic E-state index is 13.2. The maximum atomic E-state index is 13.2. The Morgan fingerprint density at radius 1 is 1.35 bits per heavy atom. The predicted octanol–water partition coefficient (Wildman–Crippen LogP) is 2.49. The first kappa shape index (κ1) is 16.3. The maximum Gasteiger partial charge on any atom is 0.317 e. The zero-order chi connectivity index (χ0) is 16.2. The minimum absolute atomic E-state index is 0.0442. The Kier molecular flexibility index (Phi) is 5.23. The number of nitrogens with zero attached hydrogens (tertiary/aromatic N) is 2. The number of hydrogen-bond donors (Lipinski definition) is 1. The molecule has 0 aromatic heterocycles. The number of urea groups is 1. The van der Waals surface area contributed by atoms with Crippen LogP contribution in [0.4, 0.5) is 14.9 Å². The zero-order valence-electron chi connectivity index (χ0n) is 12.9. The molecule has 2 amide bonds. The predicted molar refractivity (Wildman–Crippen MR) is 87.6 cm³/mol. The number of amides is 2. The summed E-state index contributed by atoms with van der Waals surface area (Å²) in [5, 5.41) is 3.06. The number of carbonyl (C=O) groups is 1. The lowest BCUT2D eigenvalue weighted by molar-refractivity contribution is 0.108. The van der Waals surface area contributed by atoms with Crippen LogP contribution in [0.3, 0.4) is 0 Å². The minimum Gasteiger partial charge on any atom is -0.376 e. The van der Waals surface area contributed by atoms with E-state index < -0.39 is 5.82 Å². The third kappa shape index (κ3) is 4.06. The normalized spacial score (nSPS) is 21.6. The lowest BCUT2D eigenvalue weighted by Crippen LogP contribution is -2.52. The molecule has 0 saturated carbocycles. The number of piperazine rings is 1. The second kappa shape index (κ2) is 7.36. The van der Waals surface area contributed by atoms with Crippen molar-refractivity contribution < 1.29 is 13.9 Å². The minimum atomic E-state index is -0.414. The fourth-order valence-corrected chi connectivity index (χ4v) is 3.14. The van der Waals surface area contributed by atoms with Crippen molar-refractivity contribution in [1.82, 2.24) is 10.2 Å². The van der Waals surface area contributed by atoms with E-state index in [1.54, 1.807) is 17.0 Å². The molecule has 0 radical (unpaired) electrons. The Bertz CT molecular complexity index is 558. The van der Waals surface area contributed by atoms with E-state index >= 15 is 0 Å². The molecule has 0 bridgehead atoms. The molecule has 2 heterocycles. The number of halogens is 2. The zero-order valence-corrected chi connectivity index (χ0v) is 13.7. The first-order valence-electron chi connectivity index (χ1n) is 7.98. The van der Waals surface area contributed by atoms with Gasteiger partial charge in [0, 0.05) is 45.0 Å². The molecule has 2 aliphatic heterocycles. The van der Waals surface area contributed by atoms with E-state index in [2.05, 4.69) is 10.2 Å². The van der Waals surface area contributed by atoms with Crippen molar-refractivity contribution in [2.45, 2.75) is 18.9 Å². The summed E-state index contributed by atoms with van der Waals surface area (Å²) in [6.45, 7) is 4.04. The SMILES string of the molecule is O=C(NCC1CCCO1)N1CCN(c2ccc(F)c(Cl)c2)CC1. The Morgan fingerprint density at radius 3 is 2.78 bits per heavy atom. The summed E-state index contributed by atoms with van der Waals surface area (Å²) >= 11 is 5.83. The third-order valence-electron chi connectivity index (χ3n) is 4.34. The van der Waals surface area contributed by atoms with Crippen molar-refractivity contribution in [2.24, 2.45) is 0 Å². The molecule has 23 heavy (non-hydrogen) atoms. The molecule has 1 aromatic carbocycles. The third-order valence-corrected chi connectivity index (χ3v) is 4.63. The van der Waals surface area contributed by atoms with Crippen molar-refractivity contribution in [3.8, 4) is 0 Å². The number of ether oxygens (including phenoxy) is 1. The van der Waals surface area contributed by atoms with Gasteiger partial charge in [-0.25, -0.2) is 9.18 Å². The summed E-state index contributed by atoms with van der Waals surface area (Å²) in [4.78, 5) is 16.1. The molecule has 5 nitrogen and oxygen atoms in total. The molecule has 2 saturated heterocycles. The lowest BCUT2D eigenvalue weighted by atomic mass is 10.2. The van der Waals surface area contributed by atoms with E-state index in [1.165, 1.54) is 6.07 Å². The van der Waals surface area contributed by atoms with Gasteiger partial charge in [-0.2, -0.15) is 0 Å². The van der Waals surface area contributed by atoms with Crippen molar-refractivity contribution >= 4 is 23.3 Å². The Hall–Kier alpha value is -1.53. The van der Waals surface area contributed by atoms with E-state index in [1.807, 2.05) is 0 Å². The van der Waals surface area contributed by atoms with Crippen molar-refractivity contribution in [2.75, 3.05) is 44.2 Å². The van der Waals surface area contributed by atoms with E-state index in [-0.39, 0.29) is 17.2 Å². The molecule has 1 unspecified atom stereocenters. The van der Waals surface area contributed by atoms with E-state index in [9.17, 15) is 9.18 Å². The molecule has 7 heteroatoms. The summed E-state index contributed by atoms with van der Waals surface area (Å²) in [5.41, 5.74) is 0.885. The Balaban J connectivity index is 1.47. The molecular formula is C16H21ClFN3O2. The lowest BCUT2D eigenvalue weighted by Gasteiger charge is -2.36. The van der Waals surface area contributed by atoms with Gasteiger partial charge >= 0.3 is 6.03 Å². The second-order valence-electron chi connectivity index (χ2n) is 5.89. The summed E-state index contributed by atoms with van der Waals surface area (Å²) in [7, 11) is 0. The molecule has 1 atom stereocenters. The van der Waals surface area contributed by atoms with Crippen molar-refractivity contribution in [3.05, 3.63) is 29.0 Å². The topological polar surface area (TPSA) is 44.8 Å². The van der Waals surface area contributed by atoms with Crippen LogP contribution in [0.5, 0.6) is 0 Å². The fourth-order valence-electron chi connectivity index (χ4n) is 2.97. The smallest absolute Gasteiger partial charge is 0.317 e. The van der Waals surface area contributed by atoms with Gasteiger partial charge in [0.25, 0.3) is 0 Å².